The molecule has 1 aromatic heterocycles. The summed E-state index contributed by atoms with van der Waals surface area (Å²) in [4.78, 5) is 101. The highest BCUT2D eigenvalue weighted by molar-refractivity contribution is 5.97. The van der Waals surface area contributed by atoms with Crippen molar-refractivity contribution in [3.8, 4) is 5.75 Å². The third-order valence-electron chi connectivity index (χ3n) is 10.6. The van der Waals surface area contributed by atoms with Gasteiger partial charge in [-0.05, 0) is 60.9 Å². The molecule has 3 heterocycles. The number of methoxy groups -OCH3 is 1. The number of rotatable bonds is 9. The highest BCUT2D eigenvalue weighted by Crippen LogP contribution is 2.20. The summed E-state index contributed by atoms with van der Waals surface area (Å²) < 4.78 is 5.28. The summed E-state index contributed by atoms with van der Waals surface area (Å²) in [6.07, 6.45) is 2.44. The number of fused-ring (bicyclic) bond motifs is 1. The Labute approximate surface area is 338 Å². The molecule has 0 saturated carbocycles. The molecule has 5 rings (SSSR count). The van der Waals surface area contributed by atoms with Crippen molar-refractivity contribution in [3.63, 3.8) is 0 Å². The van der Waals surface area contributed by atoms with E-state index in [1.54, 1.807) is 30.5 Å². The molecule has 0 unspecified atom stereocenters. The van der Waals surface area contributed by atoms with Gasteiger partial charge in [0.1, 0.15) is 36.0 Å². The Morgan fingerprint density at radius 1 is 0.759 bits per heavy atom. The second-order valence-corrected chi connectivity index (χ2v) is 16.0. The highest BCUT2D eigenvalue weighted by Gasteiger charge is 2.36. The molecule has 6 atom stereocenters. The number of amides is 7. The van der Waals surface area contributed by atoms with Crippen molar-refractivity contribution < 1.29 is 38.3 Å². The van der Waals surface area contributed by atoms with Crippen LogP contribution in [0.2, 0.25) is 0 Å². The second kappa shape index (κ2) is 19.5. The number of benzene rings is 2. The number of hydrogen-bond acceptors (Lipinski definition) is 8. The average Bonchev–Trinajstić information content (AvgIpc) is 3.81. The van der Waals surface area contributed by atoms with Crippen LogP contribution in [-0.4, -0.2) is 108 Å². The van der Waals surface area contributed by atoms with Crippen LogP contribution in [0.5, 0.6) is 5.75 Å². The van der Waals surface area contributed by atoms with E-state index in [1.807, 2.05) is 52.0 Å². The van der Waals surface area contributed by atoms with Crippen LogP contribution in [0.4, 0.5) is 0 Å². The molecule has 2 aromatic carbocycles. The van der Waals surface area contributed by atoms with Crippen LogP contribution >= 0.6 is 0 Å². The molecular formula is C42H56N8O8. The molecule has 0 bridgehead atoms. The van der Waals surface area contributed by atoms with E-state index in [2.05, 4.69) is 36.9 Å². The van der Waals surface area contributed by atoms with E-state index in [0.717, 1.165) is 16.5 Å². The van der Waals surface area contributed by atoms with E-state index in [9.17, 15) is 33.6 Å². The van der Waals surface area contributed by atoms with Crippen LogP contribution in [-0.2, 0) is 46.4 Å². The minimum absolute atomic E-state index is 0.0370. The van der Waals surface area contributed by atoms with Crippen molar-refractivity contribution in [1.29, 1.82) is 0 Å². The SMILES string of the molecule is COc1ccc(C[C@@H]2NC(=O)[C@H](CC(C)C)NC(=O)[C@@H](Cc3c[nH]c4ccccc34)NC(=O)CN(C(=O)[C@H]3CCC(=O)N3)C[C@H](C(C)C)NC(=O)[C@@H](C)NC2=O)cc1. The molecule has 58 heavy (non-hydrogen) atoms. The number of nitrogens with one attached hydrogen (secondary N) is 7. The summed E-state index contributed by atoms with van der Waals surface area (Å²) in [5, 5.41) is 17.7. The third-order valence-corrected chi connectivity index (χ3v) is 10.6. The van der Waals surface area contributed by atoms with Crippen LogP contribution in [0.1, 0.15) is 65.0 Å². The van der Waals surface area contributed by atoms with Crippen LogP contribution < -0.4 is 36.6 Å². The van der Waals surface area contributed by atoms with Crippen LogP contribution in [0, 0.1) is 11.8 Å². The Morgan fingerprint density at radius 2 is 1.41 bits per heavy atom. The number of hydrogen-bond donors (Lipinski definition) is 7. The summed E-state index contributed by atoms with van der Waals surface area (Å²) in [5.41, 5.74) is 2.27. The fourth-order valence-electron chi connectivity index (χ4n) is 7.20. The monoisotopic (exact) mass is 800 g/mol. The Balaban J connectivity index is 1.53. The smallest absolute Gasteiger partial charge is 0.245 e. The highest BCUT2D eigenvalue weighted by atomic mass is 16.5. The lowest BCUT2D eigenvalue weighted by molar-refractivity contribution is -0.140. The molecule has 7 amide bonds. The molecular weight excluding hydrogens is 745 g/mol. The first-order valence-corrected chi connectivity index (χ1v) is 19.9. The van der Waals surface area contributed by atoms with E-state index in [4.69, 9.17) is 4.74 Å². The Kier molecular flexibility index (Phi) is 14.5. The number of H-pyrrole nitrogens is 1. The Bertz CT molecular complexity index is 1980. The summed E-state index contributed by atoms with van der Waals surface area (Å²) in [6.45, 7) is 8.38. The van der Waals surface area contributed by atoms with Gasteiger partial charge in [0.05, 0.1) is 13.7 Å². The van der Waals surface area contributed by atoms with Crippen LogP contribution in [0.25, 0.3) is 10.9 Å². The minimum atomic E-state index is -1.20. The van der Waals surface area contributed by atoms with Gasteiger partial charge < -0.3 is 46.5 Å². The lowest BCUT2D eigenvalue weighted by Crippen LogP contribution is -2.61. The lowest BCUT2D eigenvalue weighted by Gasteiger charge is -2.33. The van der Waals surface area contributed by atoms with Crippen LogP contribution in [0.3, 0.4) is 0 Å². The maximum absolute atomic E-state index is 14.3. The standard InChI is InChI=1S/C42H56N8O8/c1-23(2)17-32-40(55)48-33(18-26-11-13-28(58-6)14-12-26)39(54)44-25(5)38(53)49-35(24(3)4)21-50(42(57)31-15-16-36(51)45-31)22-37(52)46-34(41(56)47-32)19-27-20-43-30-10-8-7-9-29(27)30/h7-14,20,23-25,31-35,43H,15-19,21-22H2,1-6H3,(H,44,54)(H,45,51)(H,46,52)(H,47,56)(H,48,55)(H,49,53)/t25-,31-,32+,33+,34-,35-/m1/s1. The summed E-state index contributed by atoms with van der Waals surface area (Å²) in [7, 11) is 1.54. The maximum atomic E-state index is 14.3. The topological polar surface area (TPSA) is 220 Å². The zero-order chi connectivity index (χ0) is 42.1. The minimum Gasteiger partial charge on any atom is -0.497 e. The van der Waals surface area contributed by atoms with E-state index in [1.165, 1.54) is 18.9 Å². The fraction of sp³-hybridized carbons (Fsp3) is 0.500. The van der Waals surface area contributed by atoms with Gasteiger partial charge in [0.2, 0.25) is 41.4 Å². The number of para-hydroxylation sites is 1. The molecule has 2 fully saturated rings. The predicted molar refractivity (Wildman–Crippen MR) is 216 cm³/mol. The van der Waals surface area contributed by atoms with Gasteiger partial charge in [-0.25, -0.2) is 0 Å². The van der Waals surface area contributed by atoms with Gasteiger partial charge >= 0.3 is 0 Å². The number of aromatic amines is 1. The quantitative estimate of drug-likeness (QED) is 0.167. The number of aromatic nitrogens is 1. The molecule has 0 radical (unpaired) electrons. The first-order chi connectivity index (χ1) is 27.6. The molecule has 3 aromatic rings. The Morgan fingerprint density at radius 3 is 2.07 bits per heavy atom. The number of carbonyl (C=O) groups is 7. The zero-order valence-corrected chi connectivity index (χ0v) is 34.0. The summed E-state index contributed by atoms with van der Waals surface area (Å²) in [6, 6.07) is 8.42. The average molecular weight is 801 g/mol. The van der Waals surface area contributed by atoms with Gasteiger partial charge in [0.25, 0.3) is 0 Å². The molecule has 16 heteroatoms. The van der Waals surface area contributed by atoms with Crippen molar-refractivity contribution in [2.45, 2.75) is 103 Å². The zero-order valence-electron chi connectivity index (χ0n) is 34.0. The number of nitrogens with zero attached hydrogens (tertiary/aromatic N) is 1. The van der Waals surface area contributed by atoms with Crippen molar-refractivity contribution in [2.24, 2.45) is 11.8 Å². The number of carbonyl (C=O) groups excluding carboxylic acids is 7. The van der Waals surface area contributed by atoms with E-state index >= 15 is 0 Å². The van der Waals surface area contributed by atoms with Gasteiger partial charge in [-0.3, -0.25) is 33.6 Å². The van der Waals surface area contributed by atoms with Crippen molar-refractivity contribution >= 4 is 52.3 Å². The molecule has 0 aliphatic carbocycles. The fourth-order valence-corrected chi connectivity index (χ4v) is 7.20. The molecule has 16 nitrogen and oxygen atoms in total. The van der Waals surface area contributed by atoms with Gasteiger partial charge in [-0.1, -0.05) is 58.0 Å². The van der Waals surface area contributed by atoms with E-state index in [-0.39, 0.29) is 56.4 Å². The molecule has 312 valence electrons. The first kappa shape index (κ1) is 43.2. The largest absolute Gasteiger partial charge is 0.497 e. The van der Waals surface area contributed by atoms with Gasteiger partial charge in [0, 0.05) is 48.9 Å². The van der Waals surface area contributed by atoms with Crippen LogP contribution in [0.15, 0.2) is 54.7 Å². The molecule has 2 aliphatic heterocycles. The molecule has 2 saturated heterocycles. The second-order valence-electron chi connectivity index (χ2n) is 16.0. The van der Waals surface area contributed by atoms with Gasteiger partial charge in [-0.15, -0.1) is 0 Å². The van der Waals surface area contributed by atoms with Gasteiger partial charge in [0.15, 0.2) is 0 Å². The molecule has 7 N–H and O–H groups in total. The Hall–Kier alpha value is -5.93. The molecule has 2 aliphatic rings. The summed E-state index contributed by atoms with van der Waals surface area (Å²) >= 11 is 0. The van der Waals surface area contributed by atoms with Crippen molar-refractivity contribution in [3.05, 3.63) is 65.9 Å². The maximum Gasteiger partial charge on any atom is 0.245 e. The lowest BCUT2D eigenvalue weighted by atomic mass is 9.99. The summed E-state index contributed by atoms with van der Waals surface area (Å²) in [5.74, 6) is -3.59. The third kappa shape index (κ3) is 11.3. The van der Waals surface area contributed by atoms with Crippen molar-refractivity contribution in [2.75, 3.05) is 20.2 Å². The van der Waals surface area contributed by atoms with E-state index < -0.39 is 78.2 Å². The normalized spacial score (nSPS) is 24.3. The van der Waals surface area contributed by atoms with Crippen molar-refractivity contribution in [1.82, 2.24) is 41.8 Å². The molecule has 0 spiro atoms. The first-order valence-electron chi connectivity index (χ1n) is 19.9. The predicted octanol–water partition coefficient (Wildman–Crippen LogP) is 1.23. The van der Waals surface area contributed by atoms with E-state index in [0.29, 0.717) is 11.3 Å². The number of ether oxygens (including phenoxy) is 1. The van der Waals surface area contributed by atoms with Gasteiger partial charge in [-0.2, -0.15) is 0 Å².